The molecule has 0 saturated heterocycles. The van der Waals surface area contributed by atoms with Crippen molar-refractivity contribution < 1.29 is 19.5 Å². The van der Waals surface area contributed by atoms with Gasteiger partial charge in [0.25, 0.3) is 11.8 Å². The maximum absolute atomic E-state index is 11.7. The maximum atomic E-state index is 11.7. The number of carbonyl (C=O) groups excluding carboxylic acids is 2. The molecule has 0 radical (unpaired) electrons. The van der Waals surface area contributed by atoms with E-state index in [9.17, 15) is 14.4 Å². The molecule has 1 saturated carbocycles. The molecular formula is C11H13NO4. The Morgan fingerprint density at radius 1 is 1.44 bits per heavy atom. The second kappa shape index (κ2) is 3.73. The number of hydrogen-bond acceptors (Lipinski definition) is 3. The minimum Gasteiger partial charge on any atom is -0.481 e. The smallest absolute Gasteiger partial charge is 0.308 e. The van der Waals surface area contributed by atoms with Crippen LogP contribution in [0.1, 0.15) is 26.2 Å². The number of nitrogens with zero attached hydrogens (tertiary/aromatic N) is 1. The lowest BCUT2D eigenvalue weighted by Crippen LogP contribution is -2.44. The Morgan fingerprint density at radius 2 is 2.12 bits per heavy atom. The zero-order valence-electron chi connectivity index (χ0n) is 8.97. The summed E-state index contributed by atoms with van der Waals surface area (Å²) in [5, 5.41) is 9.02. The molecular weight excluding hydrogens is 210 g/mol. The van der Waals surface area contributed by atoms with Gasteiger partial charge in [-0.15, -0.1) is 0 Å². The van der Waals surface area contributed by atoms with Crippen molar-refractivity contribution in [2.45, 2.75) is 32.2 Å². The number of imide groups is 1. The molecule has 2 amide bonds. The molecule has 2 unspecified atom stereocenters. The van der Waals surface area contributed by atoms with E-state index in [2.05, 4.69) is 0 Å². The van der Waals surface area contributed by atoms with Crippen LogP contribution in [-0.4, -0.2) is 33.8 Å². The molecule has 1 aliphatic heterocycles. The maximum Gasteiger partial charge on any atom is 0.308 e. The molecule has 1 heterocycles. The molecule has 0 aromatic heterocycles. The van der Waals surface area contributed by atoms with E-state index in [0.717, 1.165) is 11.3 Å². The summed E-state index contributed by atoms with van der Waals surface area (Å²) in [5.74, 6) is -2.25. The summed E-state index contributed by atoms with van der Waals surface area (Å²) in [6, 6.07) is -0.466. The van der Waals surface area contributed by atoms with Crippen LogP contribution in [0.25, 0.3) is 0 Å². The van der Waals surface area contributed by atoms with Crippen LogP contribution in [0.2, 0.25) is 0 Å². The summed E-state index contributed by atoms with van der Waals surface area (Å²) >= 11 is 0. The van der Waals surface area contributed by atoms with Crippen LogP contribution >= 0.6 is 0 Å². The van der Waals surface area contributed by atoms with Crippen molar-refractivity contribution in [1.29, 1.82) is 0 Å². The molecule has 2 atom stereocenters. The zero-order valence-corrected chi connectivity index (χ0v) is 8.97. The van der Waals surface area contributed by atoms with Crippen molar-refractivity contribution in [3.8, 4) is 0 Å². The fraction of sp³-hybridized carbons (Fsp3) is 0.545. The molecule has 1 aliphatic carbocycles. The van der Waals surface area contributed by atoms with Crippen molar-refractivity contribution in [2.24, 2.45) is 5.92 Å². The molecule has 5 heteroatoms. The first-order valence-electron chi connectivity index (χ1n) is 5.31. The van der Waals surface area contributed by atoms with Crippen LogP contribution in [0.4, 0.5) is 0 Å². The van der Waals surface area contributed by atoms with Crippen molar-refractivity contribution in [2.75, 3.05) is 0 Å². The van der Waals surface area contributed by atoms with Gasteiger partial charge in [0.05, 0.1) is 12.0 Å². The van der Waals surface area contributed by atoms with Crippen LogP contribution in [0.15, 0.2) is 11.6 Å². The summed E-state index contributed by atoms with van der Waals surface area (Å²) in [5.41, 5.74) is 0.390. The van der Waals surface area contributed by atoms with E-state index in [4.69, 9.17) is 5.11 Å². The van der Waals surface area contributed by atoms with E-state index in [0.29, 0.717) is 18.4 Å². The normalized spacial score (nSPS) is 29.8. The second-order valence-corrected chi connectivity index (χ2v) is 4.28. The molecule has 2 rings (SSSR count). The number of amides is 2. The van der Waals surface area contributed by atoms with E-state index < -0.39 is 17.9 Å². The number of rotatable bonds is 2. The third kappa shape index (κ3) is 1.52. The van der Waals surface area contributed by atoms with Crippen molar-refractivity contribution in [3.05, 3.63) is 11.6 Å². The highest BCUT2D eigenvalue weighted by atomic mass is 16.4. The van der Waals surface area contributed by atoms with Crippen LogP contribution < -0.4 is 0 Å². The lowest BCUT2D eigenvalue weighted by atomic mass is 10.0. The minimum atomic E-state index is -0.923. The molecule has 86 valence electrons. The molecule has 1 fully saturated rings. The Hall–Kier alpha value is -1.65. The number of carboxylic acids is 1. The lowest BCUT2D eigenvalue weighted by Gasteiger charge is -2.25. The highest BCUT2D eigenvalue weighted by molar-refractivity contribution is 6.16. The van der Waals surface area contributed by atoms with Gasteiger partial charge in [-0.1, -0.05) is 6.42 Å². The zero-order chi connectivity index (χ0) is 11.9. The largest absolute Gasteiger partial charge is 0.481 e. The third-order valence-corrected chi connectivity index (χ3v) is 3.26. The average Bonchev–Trinajstić information content (AvgIpc) is 2.73. The highest BCUT2D eigenvalue weighted by Gasteiger charge is 2.43. The van der Waals surface area contributed by atoms with Crippen LogP contribution in [0.5, 0.6) is 0 Å². The number of carbonyl (C=O) groups is 3. The van der Waals surface area contributed by atoms with Crippen LogP contribution in [0, 0.1) is 5.92 Å². The minimum absolute atomic E-state index is 0.344. The Morgan fingerprint density at radius 3 is 2.62 bits per heavy atom. The van der Waals surface area contributed by atoms with Crippen LogP contribution in [0.3, 0.4) is 0 Å². The van der Waals surface area contributed by atoms with Gasteiger partial charge in [-0.05, 0) is 19.8 Å². The Balaban J connectivity index is 2.23. The summed E-state index contributed by atoms with van der Waals surface area (Å²) < 4.78 is 0. The van der Waals surface area contributed by atoms with Gasteiger partial charge in [0.15, 0.2) is 0 Å². The fourth-order valence-electron chi connectivity index (χ4n) is 2.46. The van der Waals surface area contributed by atoms with Crippen LogP contribution in [-0.2, 0) is 14.4 Å². The topological polar surface area (TPSA) is 74.7 Å². The van der Waals surface area contributed by atoms with Gasteiger partial charge in [0.1, 0.15) is 0 Å². The Kier molecular flexibility index (Phi) is 2.53. The van der Waals surface area contributed by atoms with Gasteiger partial charge in [-0.3, -0.25) is 19.3 Å². The second-order valence-electron chi connectivity index (χ2n) is 4.28. The standard InChI is InChI=1S/C11H13NO4/c1-6-5-9(13)12(10(6)14)8-4-2-3-7(8)11(15)16/h5,7-8H,2-4H2,1H3,(H,15,16). The predicted molar refractivity (Wildman–Crippen MR) is 54.4 cm³/mol. The molecule has 1 N–H and O–H groups in total. The summed E-state index contributed by atoms with van der Waals surface area (Å²) in [4.78, 5) is 35.4. The van der Waals surface area contributed by atoms with Gasteiger partial charge in [0, 0.05) is 11.6 Å². The van der Waals surface area contributed by atoms with Gasteiger partial charge >= 0.3 is 5.97 Å². The fourth-order valence-corrected chi connectivity index (χ4v) is 2.46. The summed E-state index contributed by atoms with van der Waals surface area (Å²) in [6.45, 7) is 1.57. The first-order valence-corrected chi connectivity index (χ1v) is 5.31. The van der Waals surface area contributed by atoms with E-state index in [-0.39, 0.29) is 11.8 Å². The monoisotopic (exact) mass is 223 g/mol. The molecule has 0 spiro atoms. The molecule has 16 heavy (non-hydrogen) atoms. The first-order chi connectivity index (χ1) is 7.52. The third-order valence-electron chi connectivity index (χ3n) is 3.26. The quantitative estimate of drug-likeness (QED) is 0.694. The van der Waals surface area contributed by atoms with Gasteiger partial charge in [-0.2, -0.15) is 0 Å². The predicted octanol–water partition coefficient (Wildman–Crippen LogP) is 0.555. The van der Waals surface area contributed by atoms with Gasteiger partial charge in [-0.25, -0.2) is 0 Å². The van der Waals surface area contributed by atoms with Crippen molar-refractivity contribution in [3.63, 3.8) is 0 Å². The van der Waals surface area contributed by atoms with Gasteiger partial charge < -0.3 is 5.11 Å². The Bertz CT molecular complexity index is 399. The van der Waals surface area contributed by atoms with Gasteiger partial charge in [0.2, 0.25) is 0 Å². The number of aliphatic carboxylic acids is 1. The van der Waals surface area contributed by atoms with E-state index in [1.807, 2.05) is 0 Å². The van der Waals surface area contributed by atoms with E-state index >= 15 is 0 Å². The molecule has 0 aromatic rings. The lowest BCUT2D eigenvalue weighted by molar-refractivity contribution is -0.147. The molecule has 0 aromatic carbocycles. The summed E-state index contributed by atoms with van der Waals surface area (Å²) in [7, 11) is 0. The van der Waals surface area contributed by atoms with Crippen molar-refractivity contribution in [1.82, 2.24) is 4.90 Å². The molecule has 0 bridgehead atoms. The molecule has 5 nitrogen and oxygen atoms in total. The summed E-state index contributed by atoms with van der Waals surface area (Å²) in [6.07, 6.45) is 3.16. The Labute approximate surface area is 92.7 Å². The molecule has 2 aliphatic rings. The average molecular weight is 223 g/mol. The first kappa shape index (κ1) is 10.9. The number of carboxylic acid groups (broad SMARTS) is 1. The van der Waals surface area contributed by atoms with E-state index in [1.165, 1.54) is 6.08 Å². The van der Waals surface area contributed by atoms with Crippen molar-refractivity contribution >= 4 is 17.8 Å². The SMILES string of the molecule is CC1=CC(=O)N(C2CCCC2C(=O)O)C1=O. The number of hydrogen-bond donors (Lipinski definition) is 1. The highest BCUT2D eigenvalue weighted by Crippen LogP contribution is 2.32. The van der Waals surface area contributed by atoms with E-state index in [1.54, 1.807) is 6.92 Å².